The number of nitrogens with zero attached hydrogens (tertiary/aromatic N) is 3. The second-order valence-electron chi connectivity index (χ2n) is 6.83. The van der Waals surface area contributed by atoms with Gasteiger partial charge in [0.15, 0.2) is 0 Å². The number of allylic oxidation sites excluding steroid dienone is 1. The topological polar surface area (TPSA) is 51.8 Å². The molecule has 2 heterocycles. The van der Waals surface area contributed by atoms with Gasteiger partial charge in [-0.1, -0.05) is 72.8 Å². The van der Waals surface area contributed by atoms with Gasteiger partial charge in [0, 0.05) is 12.1 Å². The van der Waals surface area contributed by atoms with Gasteiger partial charge in [-0.05, 0) is 42.2 Å². The fourth-order valence-electron chi connectivity index (χ4n) is 3.10. The average Bonchev–Trinajstić information content (AvgIpc) is 3.17. The van der Waals surface area contributed by atoms with Crippen molar-refractivity contribution in [3.63, 3.8) is 0 Å². The van der Waals surface area contributed by atoms with E-state index in [9.17, 15) is 0 Å². The summed E-state index contributed by atoms with van der Waals surface area (Å²) >= 11 is 0. The number of hydrogen-bond donors (Lipinski definition) is 0. The van der Waals surface area contributed by atoms with Gasteiger partial charge in [-0.25, -0.2) is 4.98 Å². The number of aryl methyl sites for hydroxylation is 1. The molecule has 4 aromatic rings. The predicted octanol–water partition coefficient (Wildman–Crippen LogP) is 5.45. The highest BCUT2D eigenvalue weighted by Crippen LogP contribution is 2.21. The van der Waals surface area contributed by atoms with E-state index in [0.717, 1.165) is 17.7 Å². The lowest BCUT2D eigenvalue weighted by atomic mass is 10.00. The molecule has 138 valence electrons. The molecule has 0 radical (unpaired) electrons. The van der Waals surface area contributed by atoms with Crippen molar-refractivity contribution in [1.82, 2.24) is 15.2 Å². The van der Waals surface area contributed by atoms with Gasteiger partial charge in [0.2, 0.25) is 5.89 Å². The van der Waals surface area contributed by atoms with E-state index in [0.29, 0.717) is 23.9 Å². The minimum Gasteiger partial charge on any atom is -0.419 e. The normalized spacial score (nSPS) is 10.8. The largest absolute Gasteiger partial charge is 0.419 e. The summed E-state index contributed by atoms with van der Waals surface area (Å²) in [5.74, 6) is 1.00. The quantitative estimate of drug-likeness (QED) is 0.425. The Morgan fingerprint density at radius 1 is 0.821 bits per heavy atom. The summed E-state index contributed by atoms with van der Waals surface area (Å²) in [6.07, 6.45) is 1.33. The summed E-state index contributed by atoms with van der Waals surface area (Å²) < 4.78 is 5.76. The Morgan fingerprint density at radius 3 is 2.32 bits per heavy atom. The third kappa shape index (κ3) is 4.23. The maximum absolute atomic E-state index is 5.76. The molecule has 0 bridgehead atoms. The zero-order valence-electron chi connectivity index (χ0n) is 15.8. The molecule has 0 aliphatic heterocycles. The van der Waals surface area contributed by atoms with Crippen molar-refractivity contribution in [3.05, 3.63) is 102 Å². The van der Waals surface area contributed by atoms with E-state index in [4.69, 9.17) is 4.42 Å². The molecule has 0 saturated heterocycles. The Balaban J connectivity index is 1.39. The van der Waals surface area contributed by atoms with Crippen LogP contribution in [0.25, 0.3) is 22.7 Å². The summed E-state index contributed by atoms with van der Waals surface area (Å²) in [4.78, 5) is 4.42. The van der Waals surface area contributed by atoms with Gasteiger partial charge in [-0.15, -0.1) is 10.2 Å². The molecular weight excluding hydrogens is 346 g/mol. The molecule has 0 amide bonds. The lowest BCUT2D eigenvalue weighted by Crippen LogP contribution is -1.94. The minimum absolute atomic E-state index is 0.443. The van der Waals surface area contributed by atoms with E-state index in [1.165, 1.54) is 16.7 Å². The second-order valence-corrected chi connectivity index (χ2v) is 6.83. The van der Waals surface area contributed by atoms with Crippen molar-refractivity contribution in [3.8, 4) is 22.7 Å². The van der Waals surface area contributed by atoms with Crippen molar-refractivity contribution in [2.45, 2.75) is 19.8 Å². The Hall–Kier alpha value is -3.53. The van der Waals surface area contributed by atoms with Gasteiger partial charge in [0.25, 0.3) is 5.89 Å². The first-order chi connectivity index (χ1) is 13.7. The van der Waals surface area contributed by atoms with Crippen LogP contribution in [0.5, 0.6) is 0 Å². The van der Waals surface area contributed by atoms with Gasteiger partial charge < -0.3 is 4.42 Å². The zero-order valence-corrected chi connectivity index (χ0v) is 15.8. The molecule has 4 heteroatoms. The van der Waals surface area contributed by atoms with Crippen molar-refractivity contribution >= 4 is 0 Å². The van der Waals surface area contributed by atoms with Gasteiger partial charge >= 0.3 is 0 Å². The molecule has 2 aromatic heterocycles. The molecule has 0 spiro atoms. The standard InChI is InChI=1S/C24H21N3O/c1-17(15-19-11-13-21(14-12-19)20-8-4-3-5-9-20)16-23-26-27-24(28-23)22-10-6-7-18(2)25-22/h3-14H,1,15-16H2,2H3. The van der Waals surface area contributed by atoms with E-state index in [2.05, 4.69) is 70.3 Å². The molecule has 0 unspecified atom stereocenters. The predicted molar refractivity (Wildman–Crippen MR) is 111 cm³/mol. The third-order valence-corrected chi connectivity index (χ3v) is 4.49. The van der Waals surface area contributed by atoms with Crippen molar-refractivity contribution in [2.75, 3.05) is 0 Å². The van der Waals surface area contributed by atoms with Crippen LogP contribution >= 0.6 is 0 Å². The summed E-state index contributed by atoms with van der Waals surface area (Å²) in [5.41, 5.74) is 6.28. The first-order valence-electron chi connectivity index (χ1n) is 9.25. The number of aromatic nitrogens is 3. The van der Waals surface area contributed by atoms with Crippen LogP contribution in [-0.2, 0) is 12.8 Å². The van der Waals surface area contributed by atoms with E-state index < -0.39 is 0 Å². The minimum atomic E-state index is 0.443. The van der Waals surface area contributed by atoms with Crippen LogP contribution in [0.1, 0.15) is 17.1 Å². The van der Waals surface area contributed by atoms with Crippen LogP contribution in [0.4, 0.5) is 0 Å². The van der Waals surface area contributed by atoms with Gasteiger partial charge in [-0.2, -0.15) is 0 Å². The Labute approximate surface area is 164 Å². The smallest absolute Gasteiger partial charge is 0.266 e. The number of benzene rings is 2. The molecule has 0 fully saturated rings. The summed E-state index contributed by atoms with van der Waals surface area (Å²) in [5, 5.41) is 8.25. The summed E-state index contributed by atoms with van der Waals surface area (Å²) in [7, 11) is 0. The van der Waals surface area contributed by atoms with Gasteiger partial charge in [0.05, 0.1) is 0 Å². The van der Waals surface area contributed by atoms with Crippen molar-refractivity contribution in [1.29, 1.82) is 0 Å². The Morgan fingerprint density at radius 2 is 1.57 bits per heavy atom. The van der Waals surface area contributed by atoms with Gasteiger partial charge in [0.1, 0.15) is 5.69 Å². The Kier molecular flexibility index (Phi) is 5.11. The van der Waals surface area contributed by atoms with E-state index in [1.54, 1.807) is 0 Å². The molecule has 0 aliphatic rings. The number of pyridine rings is 1. The van der Waals surface area contributed by atoms with E-state index in [-0.39, 0.29) is 0 Å². The monoisotopic (exact) mass is 367 g/mol. The fourth-order valence-corrected chi connectivity index (χ4v) is 3.10. The SMILES string of the molecule is C=C(Cc1ccc(-c2ccccc2)cc1)Cc1nnc(-c2cccc(C)n2)o1. The Bertz CT molecular complexity index is 1080. The van der Waals surface area contributed by atoms with Gasteiger partial charge in [-0.3, -0.25) is 0 Å². The van der Waals surface area contributed by atoms with Crippen LogP contribution in [0.3, 0.4) is 0 Å². The van der Waals surface area contributed by atoms with Crippen molar-refractivity contribution in [2.24, 2.45) is 0 Å². The summed E-state index contributed by atoms with van der Waals surface area (Å²) in [6.45, 7) is 6.11. The van der Waals surface area contributed by atoms with Crippen LogP contribution < -0.4 is 0 Å². The lowest BCUT2D eigenvalue weighted by molar-refractivity contribution is 0.514. The van der Waals surface area contributed by atoms with Crippen LogP contribution in [0.2, 0.25) is 0 Å². The lowest BCUT2D eigenvalue weighted by Gasteiger charge is -2.06. The molecule has 0 saturated carbocycles. The molecule has 0 N–H and O–H groups in total. The number of rotatable bonds is 6. The number of hydrogen-bond acceptors (Lipinski definition) is 4. The molecular formula is C24H21N3O. The van der Waals surface area contributed by atoms with Crippen molar-refractivity contribution < 1.29 is 4.42 Å². The van der Waals surface area contributed by atoms with Crippen LogP contribution in [0.15, 0.2) is 89.4 Å². The first kappa shape index (κ1) is 17.9. The first-order valence-corrected chi connectivity index (χ1v) is 9.25. The highest BCUT2D eigenvalue weighted by Gasteiger charge is 2.11. The summed E-state index contributed by atoms with van der Waals surface area (Å²) in [6, 6.07) is 24.7. The third-order valence-electron chi connectivity index (χ3n) is 4.49. The maximum Gasteiger partial charge on any atom is 0.266 e. The molecule has 4 nitrogen and oxygen atoms in total. The average molecular weight is 367 g/mol. The molecule has 0 aliphatic carbocycles. The van der Waals surface area contributed by atoms with Crippen LogP contribution in [0, 0.1) is 6.92 Å². The van der Waals surface area contributed by atoms with Crippen LogP contribution in [-0.4, -0.2) is 15.2 Å². The highest BCUT2D eigenvalue weighted by atomic mass is 16.4. The van der Waals surface area contributed by atoms with E-state index in [1.807, 2.05) is 31.2 Å². The zero-order chi connectivity index (χ0) is 19.3. The molecule has 0 atom stereocenters. The highest BCUT2D eigenvalue weighted by molar-refractivity contribution is 5.63. The van der Waals surface area contributed by atoms with E-state index >= 15 is 0 Å². The fraction of sp³-hybridized carbons (Fsp3) is 0.125. The molecule has 28 heavy (non-hydrogen) atoms. The second kappa shape index (κ2) is 8.01. The maximum atomic E-state index is 5.76. The molecule has 4 rings (SSSR count). The molecule has 2 aromatic carbocycles.